The summed E-state index contributed by atoms with van der Waals surface area (Å²) in [6.07, 6.45) is 2.38. The van der Waals surface area contributed by atoms with E-state index in [4.69, 9.17) is 19.4 Å². The summed E-state index contributed by atoms with van der Waals surface area (Å²) in [6.45, 7) is 9.74. The minimum Gasteiger partial charge on any atom is -0.490 e. The number of carbonyl (C=O) groups excluding carboxylic acids is 1. The minimum atomic E-state index is -0.114. The van der Waals surface area contributed by atoms with Crippen molar-refractivity contribution in [2.75, 3.05) is 19.8 Å². The largest absolute Gasteiger partial charge is 0.490 e. The number of amides is 1. The topological polar surface area (TPSA) is 73.3 Å². The fourth-order valence-electron chi connectivity index (χ4n) is 3.51. The molecule has 3 aromatic rings. The van der Waals surface area contributed by atoms with Crippen molar-refractivity contribution in [2.45, 2.75) is 47.0 Å². The van der Waals surface area contributed by atoms with E-state index in [0.717, 1.165) is 52.3 Å². The molecule has 1 aromatic heterocycles. The number of nitrogens with zero attached hydrogens (tertiary/aromatic N) is 2. The average Bonchev–Trinajstić information content (AvgIpc) is 2.79. The highest BCUT2D eigenvalue weighted by atomic mass is 16.5. The first-order valence-corrected chi connectivity index (χ1v) is 11.1. The summed E-state index contributed by atoms with van der Waals surface area (Å²) in [6, 6.07) is 11.4. The highest BCUT2D eigenvalue weighted by Gasteiger charge is 2.11. The van der Waals surface area contributed by atoms with Gasteiger partial charge in [-0.05, 0) is 69.0 Å². The molecular formula is C25H31N3O3. The number of ether oxygens (including phenoxy) is 2. The number of benzene rings is 2. The van der Waals surface area contributed by atoms with Crippen molar-refractivity contribution in [3.05, 3.63) is 58.9 Å². The number of rotatable bonds is 10. The molecule has 1 N–H and O–H groups in total. The second-order valence-electron chi connectivity index (χ2n) is 7.18. The van der Waals surface area contributed by atoms with Crippen molar-refractivity contribution in [1.29, 1.82) is 0 Å². The molecule has 0 radical (unpaired) electrons. The fraction of sp³-hybridized carbons (Fsp3) is 0.400. The third kappa shape index (κ3) is 5.51. The minimum absolute atomic E-state index is 0.114. The zero-order valence-electron chi connectivity index (χ0n) is 18.8. The molecule has 0 saturated carbocycles. The molecule has 1 heterocycles. The lowest BCUT2D eigenvalue weighted by molar-refractivity contribution is 0.0954. The smallest absolute Gasteiger partial charge is 0.251 e. The summed E-state index contributed by atoms with van der Waals surface area (Å²) >= 11 is 0. The summed E-state index contributed by atoms with van der Waals surface area (Å²) < 4.78 is 11.3. The Labute approximate surface area is 184 Å². The van der Waals surface area contributed by atoms with Gasteiger partial charge in [-0.3, -0.25) is 4.79 Å². The molecular weight excluding hydrogens is 390 g/mol. The number of aryl methyl sites for hydroxylation is 2. The molecule has 0 aliphatic rings. The number of carbonyl (C=O) groups is 1. The van der Waals surface area contributed by atoms with E-state index < -0.39 is 0 Å². The standard InChI is InChI=1S/C25H31N3O3/c1-5-19-20(6-2)28-22-16-18(10-11-21(22)27-19)25(29)26-14-13-17-9-12-23(30-7-3)24(15-17)31-8-4/h9-12,15-16H,5-8,13-14H2,1-4H3,(H,26,29). The molecule has 2 aromatic carbocycles. The molecule has 0 unspecified atom stereocenters. The first-order chi connectivity index (χ1) is 15.1. The van der Waals surface area contributed by atoms with Gasteiger partial charge in [0.25, 0.3) is 5.91 Å². The van der Waals surface area contributed by atoms with E-state index >= 15 is 0 Å². The van der Waals surface area contributed by atoms with Gasteiger partial charge in [0.05, 0.1) is 35.6 Å². The molecule has 31 heavy (non-hydrogen) atoms. The number of hydrogen-bond donors (Lipinski definition) is 1. The van der Waals surface area contributed by atoms with Crippen LogP contribution in [0.1, 0.15) is 55.0 Å². The lowest BCUT2D eigenvalue weighted by Gasteiger charge is -2.13. The van der Waals surface area contributed by atoms with Crippen LogP contribution in [-0.2, 0) is 19.3 Å². The molecule has 0 aliphatic heterocycles. The van der Waals surface area contributed by atoms with Gasteiger partial charge < -0.3 is 14.8 Å². The van der Waals surface area contributed by atoms with E-state index in [1.54, 1.807) is 0 Å². The lowest BCUT2D eigenvalue weighted by atomic mass is 10.1. The molecule has 3 rings (SSSR count). The Morgan fingerprint density at radius 2 is 1.52 bits per heavy atom. The molecule has 0 bridgehead atoms. The van der Waals surface area contributed by atoms with E-state index in [1.807, 2.05) is 50.2 Å². The summed E-state index contributed by atoms with van der Waals surface area (Å²) in [5.41, 5.74) is 5.27. The van der Waals surface area contributed by atoms with E-state index in [0.29, 0.717) is 31.7 Å². The fourth-order valence-corrected chi connectivity index (χ4v) is 3.51. The third-order valence-electron chi connectivity index (χ3n) is 5.06. The van der Waals surface area contributed by atoms with Crippen LogP contribution in [0.5, 0.6) is 11.5 Å². The van der Waals surface area contributed by atoms with E-state index in [1.165, 1.54) is 0 Å². The van der Waals surface area contributed by atoms with Gasteiger partial charge in [-0.25, -0.2) is 9.97 Å². The molecule has 6 heteroatoms. The zero-order chi connectivity index (χ0) is 22.2. The molecule has 164 valence electrons. The first-order valence-electron chi connectivity index (χ1n) is 11.1. The maximum Gasteiger partial charge on any atom is 0.251 e. The molecule has 6 nitrogen and oxygen atoms in total. The van der Waals surface area contributed by atoms with Crippen LogP contribution in [-0.4, -0.2) is 35.6 Å². The maximum atomic E-state index is 12.7. The van der Waals surface area contributed by atoms with E-state index in [-0.39, 0.29) is 5.91 Å². The quantitative estimate of drug-likeness (QED) is 0.521. The number of fused-ring (bicyclic) bond motifs is 1. The van der Waals surface area contributed by atoms with Crippen molar-refractivity contribution in [3.8, 4) is 11.5 Å². The van der Waals surface area contributed by atoms with Gasteiger partial charge in [0.2, 0.25) is 0 Å². The monoisotopic (exact) mass is 421 g/mol. The predicted octanol–water partition coefficient (Wildman–Crippen LogP) is 4.52. The molecule has 0 atom stereocenters. The third-order valence-corrected chi connectivity index (χ3v) is 5.06. The highest BCUT2D eigenvalue weighted by molar-refractivity contribution is 5.97. The van der Waals surface area contributed by atoms with Crippen molar-refractivity contribution in [3.63, 3.8) is 0 Å². The predicted molar refractivity (Wildman–Crippen MR) is 123 cm³/mol. The van der Waals surface area contributed by atoms with Crippen LogP contribution in [0.15, 0.2) is 36.4 Å². The van der Waals surface area contributed by atoms with Crippen LogP contribution in [0.3, 0.4) is 0 Å². The SMILES string of the molecule is CCOc1ccc(CCNC(=O)c2ccc3nc(CC)c(CC)nc3c2)cc1OCC. The van der Waals surface area contributed by atoms with Crippen molar-refractivity contribution < 1.29 is 14.3 Å². The Kier molecular flexibility index (Phi) is 7.82. The summed E-state index contributed by atoms with van der Waals surface area (Å²) in [5, 5.41) is 3.00. The zero-order valence-corrected chi connectivity index (χ0v) is 18.8. The van der Waals surface area contributed by atoms with Crippen molar-refractivity contribution in [2.24, 2.45) is 0 Å². The van der Waals surface area contributed by atoms with Crippen LogP contribution in [0.25, 0.3) is 11.0 Å². The molecule has 0 spiro atoms. The Bertz CT molecular complexity index is 1050. The maximum absolute atomic E-state index is 12.7. The van der Waals surface area contributed by atoms with Crippen LogP contribution < -0.4 is 14.8 Å². The Morgan fingerprint density at radius 1 is 0.839 bits per heavy atom. The molecule has 0 aliphatic carbocycles. The van der Waals surface area contributed by atoms with Crippen molar-refractivity contribution in [1.82, 2.24) is 15.3 Å². The molecule has 0 saturated heterocycles. The number of nitrogens with one attached hydrogen (secondary N) is 1. The van der Waals surface area contributed by atoms with E-state index in [9.17, 15) is 4.79 Å². The summed E-state index contributed by atoms with van der Waals surface area (Å²) in [5.74, 6) is 1.36. The van der Waals surface area contributed by atoms with E-state index in [2.05, 4.69) is 19.2 Å². The van der Waals surface area contributed by atoms with Gasteiger partial charge >= 0.3 is 0 Å². The molecule has 1 amide bonds. The van der Waals surface area contributed by atoms with Gasteiger partial charge in [0.1, 0.15) is 0 Å². The Balaban J connectivity index is 1.66. The lowest BCUT2D eigenvalue weighted by Crippen LogP contribution is -2.25. The first kappa shape index (κ1) is 22.5. The highest BCUT2D eigenvalue weighted by Crippen LogP contribution is 2.28. The second kappa shape index (κ2) is 10.8. The van der Waals surface area contributed by atoms with Gasteiger partial charge in [0, 0.05) is 12.1 Å². The summed E-state index contributed by atoms with van der Waals surface area (Å²) in [4.78, 5) is 22.1. The normalized spacial score (nSPS) is 10.8. The average molecular weight is 422 g/mol. The Morgan fingerprint density at radius 3 is 2.19 bits per heavy atom. The van der Waals surface area contributed by atoms with Crippen molar-refractivity contribution >= 4 is 16.9 Å². The Hall–Kier alpha value is -3.15. The van der Waals surface area contributed by atoms with Gasteiger partial charge in [-0.15, -0.1) is 0 Å². The van der Waals surface area contributed by atoms with Gasteiger partial charge in [-0.1, -0.05) is 19.9 Å². The van der Waals surface area contributed by atoms with Crippen LogP contribution in [0, 0.1) is 0 Å². The molecule has 0 fully saturated rings. The van der Waals surface area contributed by atoms with Gasteiger partial charge in [-0.2, -0.15) is 0 Å². The second-order valence-corrected chi connectivity index (χ2v) is 7.18. The van der Waals surface area contributed by atoms with Crippen LogP contribution in [0.2, 0.25) is 0 Å². The number of hydrogen-bond acceptors (Lipinski definition) is 5. The van der Waals surface area contributed by atoms with Crippen LogP contribution in [0.4, 0.5) is 0 Å². The summed E-state index contributed by atoms with van der Waals surface area (Å²) in [7, 11) is 0. The number of aromatic nitrogens is 2. The van der Waals surface area contributed by atoms with Gasteiger partial charge in [0.15, 0.2) is 11.5 Å². The van der Waals surface area contributed by atoms with Crippen LogP contribution >= 0.6 is 0 Å².